The number of hydrogen-bond donors (Lipinski definition) is 2. The maximum absolute atomic E-state index is 5.73. The van der Waals surface area contributed by atoms with Crippen molar-refractivity contribution in [2.45, 2.75) is 39.3 Å². The SMILES string of the molecule is CCc1cc(C(Cc2ccc(Br)cn2)NN)n(CC)n1. The number of aromatic nitrogens is 3. The van der Waals surface area contributed by atoms with Gasteiger partial charge in [0.2, 0.25) is 0 Å². The van der Waals surface area contributed by atoms with E-state index >= 15 is 0 Å². The van der Waals surface area contributed by atoms with E-state index in [1.54, 1.807) is 6.20 Å². The molecule has 1 unspecified atom stereocenters. The highest BCUT2D eigenvalue weighted by Crippen LogP contribution is 2.19. The molecule has 0 aliphatic carbocycles. The minimum Gasteiger partial charge on any atom is -0.271 e. The van der Waals surface area contributed by atoms with E-state index in [0.717, 1.165) is 40.9 Å². The Morgan fingerprint density at radius 1 is 1.35 bits per heavy atom. The van der Waals surface area contributed by atoms with Gasteiger partial charge in [-0.25, -0.2) is 0 Å². The zero-order valence-electron chi connectivity index (χ0n) is 11.8. The van der Waals surface area contributed by atoms with Crippen LogP contribution in [0.15, 0.2) is 28.9 Å². The molecule has 1 atom stereocenters. The van der Waals surface area contributed by atoms with Crippen LogP contribution in [0.25, 0.3) is 0 Å². The van der Waals surface area contributed by atoms with Crippen molar-refractivity contribution < 1.29 is 0 Å². The van der Waals surface area contributed by atoms with Crippen LogP contribution >= 0.6 is 15.9 Å². The Balaban J connectivity index is 2.23. The number of halogens is 1. The molecule has 0 aromatic carbocycles. The van der Waals surface area contributed by atoms with E-state index in [4.69, 9.17) is 5.84 Å². The van der Waals surface area contributed by atoms with Crippen LogP contribution in [0.4, 0.5) is 0 Å². The van der Waals surface area contributed by atoms with Crippen molar-refractivity contribution in [1.82, 2.24) is 20.2 Å². The van der Waals surface area contributed by atoms with Gasteiger partial charge in [-0.2, -0.15) is 5.10 Å². The van der Waals surface area contributed by atoms with Crippen LogP contribution in [0.1, 0.15) is 37.0 Å². The molecule has 2 aromatic heterocycles. The molecule has 20 heavy (non-hydrogen) atoms. The lowest BCUT2D eigenvalue weighted by molar-refractivity contribution is 0.486. The Morgan fingerprint density at radius 3 is 2.70 bits per heavy atom. The van der Waals surface area contributed by atoms with Gasteiger partial charge in [0.15, 0.2) is 0 Å². The second-order valence-electron chi connectivity index (χ2n) is 4.62. The number of pyridine rings is 1. The van der Waals surface area contributed by atoms with Crippen molar-refractivity contribution in [2.24, 2.45) is 5.84 Å². The van der Waals surface area contributed by atoms with Crippen LogP contribution in [0.5, 0.6) is 0 Å². The minimum absolute atomic E-state index is 0.0106. The average molecular weight is 338 g/mol. The molecule has 108 valence electrons. The van der Waals surface area contributed by atoms with Crippen LogP contribution in [0.2, 0.25) is 0 Å². The van der Waals surface area contributed by atoms with Gasteiger partial charge in [0.25, 0.3) is 0 Å². The number of nitrogens with one attached hydrogen (secondary N) is 1. The lowest BCUT2D eigenvalue weighted by atomic mass is 10.1. The van der Waals surface area contributed by atoms with Crippen molar-refractivity contribution in [1.29, 1.82) is 0 Å². The number of rotatable bonds is 6. The summed E-state index contributed by atoms with van der Waals surface area (Å²) in [7, 11) is 0. The van der Waals surface area contributed by atoms with Crippen molar-refractivity contribution in [3.05, 3.63) is 46.0 Å². The van der Waals surface area contributed by atoms with Gasteiger partial charge in [0.05, 0.1) is 17.4 Å². The van der Waals surface area contributed by atoms with Crippen LogP contribution in [-0.2, 0) is 19.4 Å². The summed E-state index contributed by atoms with van der Waals surface area (Å²) in [6.45, 7) is 5.02. The summed E-state index contributed by atoms with van der Waals surface area (Å²) in [5.41, 5.74) is 6.08. The highest BCUT2D eigenvalue weighted by Gasteiger charge is 2.17. The highest BCUT2D eigenvalue weighted by atomic mass is 79.9. The predicted molar refractivity (Wildman–Crippen MR) is 83.0 cm³/mol. The first kappa shape index (κ1) is 15.2. The summed E-state index contributed by atoms with van der Waals surface area (Å²) >= 11 is 3.39. The van der Waals surface area contributed by atoms with Crippen LogP contribution in [0, 0.1) is 0 Å². The molecule has 5 nitrogen and oxygen atoms in total. The number of nitrogens with zero attached hydrogens (tertiary/aromatic N) is 3. The summed E-state index contributed by atoms with van der Waals surface area (Å²) in [4.78, 5) is 4.40. The molecule has 0 saturated heterocycles. The van der Waals surface area contributed by atoms with E-state index in [1.807, 2.05) is 16.8 Å². The predicted octanol–water partition coefficient (Wildman–Crippen LogP) is 2.37. The molecule has 0 bridgehead atoms. The first-order valence-corrected chi connectivity index (χ1v) is 7.60. The van der Waals surface area contributed by atoms with Crippen molar-refractivity contribution in [3.8, 4) is 0 Å². The van der Waals surface area contributed by atoms with E-state index in [1.165, 1.54) is 0 Å². The van der Waals surface area contributed by atoms with Gasteiger partial charge < -0.3 is 0 Å². The molecule has 2 aromatic rings. The van der Waals surface area contributed by atoms with Gasteiger partial charge >= 0.3 is 0 Å². The molecular weight excluding hydrogens is 318 g/mol. The summed E-state index contributed by atoms with van der Waals surface area (Å²) < 4.78 is 2.98. The molecule has 2 heterocycles. The highest BCUT2D eigenvalue weighted by molar-refractivity contribution is 9.10. The van der Waals surface area contributed by atoms with Gasteiger partial charge in [-0.15, -0.1) is 0 Å². The van der Waals surface area contributed by atoms with E-state index < -0.39 is 0 Å². The average Bonchev–Trinajstić information content (AvgIpc) is 2.90. The molecule has 0 amide bonds. The van der Waals surface area contributed by atoms with E-state index in [2.05, 4.69) is 51.4 Å². The Hall–Kier alpha value is -1.24. The molecule has 3 N–H and O–H groups in total. The molecule has 2 rings (SSSR count). The normalized spacial score (nSPS) is 12.6. The molecule has 0 saturated carbocycles. The number of aryl methyl sites for hydroxylation is 2. The van der Waals surface area contributed by atoms with Crippen LogP contribution in [0.3, 0.4) is 0 Å². The lowest BCUT2D eigenvalue weighted by Crippen LogP contribution is -2.31. The third kappa shape index (κ3) is 3.45. The third-order valence-corrected chi connectivity index (χ3v) is 3.75. The first-order valence-electron chi connectivity index (χ1n) is 6.81. The molecule has 0 spiro atoms. The van der Waals surface area contributed by atoms with E-state index in [-0.39, 0.29) is 6.04 Å². The number of hydrazine groups is 1. The molecule has 0 radical (unpaired) electrons. The van der Waals surface area contributed by atoms with Gasteiger partial charge in [0, 0.05) is 29.3 Å². The summed E-state index contributed by atoms with van der Waals surface area (Å²) in [5, 5.41) is 4.56. The van der Waals surface area contributed by atoms with E-state index in [9.17, 15) is 0 Å². The fraction of sp³-hybridized carbons (Fsp3) is 0.429. The molecule has 6 heteroatoms. The second kappa shape index (κ2) is 6.97. The second-order valence-corrected chi connectivity index (χ2v) is 5.54. The lowest BCUT2D eigenvalue weighted by Gasteiger charge is -2.16. The largest absolute Gasteiger partial charge is 0.271 e. The Labute approximate surface area is 127 Å². The molecule has 0 aliphatic rings. The summed E-state index contributed by atoms with van der Waals surface area (Å²) in [6, 6.07) is 6.12. The monoisotopic (exact) mass is 337 g/mol. The van der Waals surface area contributed by atoms with E-state index in [0.29, 0.717) is 0 Å². The standard InChI is InChI=1S/C14H20BrN5/c1-3-11-8-14(20(4-2)19-11)13(18-16)7-12-6-5-10(15)9-17-12/h5-6,8-9,13,18H,3-4,7,16H2,1-2H3. The zero-order chi connectivity index (χ0) is 14.5. The zero-order valence-corrected chi connectivity index (χ0v) is 13.4. The van der Waals surface area contributed by atoms with Crippen molar-refractivity contribution in [3.63, 3.8) is 0 Å². The fourth-order valence-corrected chi connectivity index (χ4v) is 2.41. The molecular formula is C14H20BrN5. The maximum Gasteiger partial charge on any atom is 0.0684 e. The smallest absolute Gasteiger partial charge is 0.0684 e. The number of nitrogens with two attached hydrogens (primary N) is 1. The van der Waals surface area contributed by atoms with Gasteiger partial charge in [-0.05, 0) is 47.5 Å². The summed E-state index contributed by atoms with van der Waals surface area (Å²) in [5.74, 6) is 5.73. The van der Waals surface area contributed by atoms with Crippen LogP contribution in [-0.4, -0.2) is 14.8 Å². The van der Waals surface area contributed by atoms with Gasteiger partial charge in [-0.3, -0.25) is 20.9 Å². The van der Waals surface area contributed by atoms with Gasteiger partial charge in [-0.1, -0.05) is 6.92 Å². The van der Waals surface area contributed by atoms with Crippen LogP contribution < -0.4 is 11.3 Å². The van der Waals surface area contributed by atoms with Gasteiger partial charge in [0.1, 0.15) is 0 Å². The Kier molecular flexibility index (Phi) is 5.28. The third-order valence-electron chi connectivity index (χ3n) is 3.28. The minimum atomic E-state index is 0.0106. The number of hydrogen-bond acceptors (Lipinski definition) is 4. The Morgan fingerprint density at radius 2 is 2.15 bits per heavy atom. The fourth-order valence-electron chi connectivity index (χ4n) is 2.18. The topological polar surface area (TPSA) is 68.8 Å². The maximum atomic E-state index is 5.73. The van der Waals surface area contributed by atoms with Crippen molar-refractivity contribution in [2.75, 3.05) is 0 Å². The van der Waals surface area contributed by atoms with Crippen molar-refractivity contribution >= 4 is 15.9 Å². The Bertz CT molecular complexity index is 549. The molecule has 0 fully saturated rings. The quantitative estimate of drug-likeness (QED) is 0.627. The molecule has 0 aliphatic heterocycles. The summed E-state index contributed by atoms with van der Waals surface area (Å²) in [6.07, 6.45) is 3.46. The first-order chi connectivity index (χ1) is 9.67.